The van der Waals surface area contributed by atoms with E-state index in [1.807, 2.05) is 24.3 Å². The van der Waals surface area contributed by atoms with Crippen LogP contribution in [0.4, 0.5) is 11.4 Å². The van der Waals surface area contributed by atoms with Crippen molar-refractivity contribution in [3.63, 3.8) is 0 Å². The van der Waals surface area contributed by atoms with Crippen LogP contribution in [0.5, 0.6) is 5.75 Å². The van der Waals surface area contributed by atoms with Crippen molar-refractivity contribution < 1.29 is 4.74 Å². The number of hydrogen-bond acceptors (Lipinski definition) is 5. The fraction of sp³-hybridized carbons (Fsp3) is 0.167. The minimum absolute atomic E-state index is 0.0171. The van der Waals surface area contributed by atoms with Gasteiger partial charge in [0.05, 0.1) is 7.11 Å². The molecule has 0 unspecified atom stereocenters. The maximum Gasteiger partial charge on any atom is 0.253 e. The molecule has 5 heteroatoms. The second-order valence-corrected chi connectivity index (χ2v) is 3.65. The molecule has 0 bridgehead atoms. The number of hydrogen-bond donors (Lipinski definition) is 2. The van der Waals surface area contributed by atoms with Gasteiger partial charge < -0.3 is 15.8 Å². The van der Waals surface area contributed by atoms with E-state index in [0.717, 1.165) is 11.3 Å². The van der Waals surface area contributed by atoms with Crippen LogP contribution in [0.1, 0.15) is 5.56 Å². The number of nitrogen functional groups attached to an aromatic ring is 1. The third kappa shape index (κ3) is 1.99. The van der Waals surface area contributed by atoms with Gasteiger partial charge in [0.1, 0.15) is 17.1 Å². The molecule has 2 aromatic rings. The normalized spacial score (nSPS) is 10.4. The number of benzene rings is 1. The molecule has 0 fully saturated rings. The van der Waals surface area contributed by atoms with Gasteiger partial charge in [-0.2, -0.15) is 0 Å². The summed E-state index contributed by atoms with van der Waals surface area (Å²) >= 11 is 0. The van der Waals surface area contributed by atoms with Crippen LogP contribution < -0.4 is 26.6 Å². The highest BCUT2D eigenvalue weighted by atomic mass is 16.5. The van der Waals surface area contributed by atoms with E-state index in [2.05, 4.69) is 5.32 Å². The van der Waals surface area contributed by atoms with Crippen LogP contribution in [0.2, 0.25) is 0 Å². The Labute approximate surface area is 97.5 Å². The van der Waals surface area contributed by atoms with E-state index in [4.69, 9.17) is 10.5 Å². The number of methoxy groups -OCH3 is 1. The Kier molecular flexibility index (Phi) is 2.82. The molecule has 3 N–H and O–H groups in total. The van der Waals surface area contributed by atoms with E-state index >= 15 is 0 Å². The topological polar surface area (TPSA) is 81.4 Å². The van der Waals surface area contributed by atoms with E-state index in [1.165, 1.54) is 0 Å². The van der Waals surface area contributed by atoms with Gasteiger partial charge in [-0.25, -0.2) is 0 Å². The van der Waals surface area contributed by atoms with Gasteiger partial charge in [0.15, 0.2) is 0 Å². The summed E-state index contributed by atoms with van der Waals surface area (Å²) < 4.78 is 5.03. The van der Waals surface area contributed by atoms with E-state index < -0.39 is 10.9 Å². The van der Waals surface area contributed by atoms with Crippen LogP contribution in [0.3, 0.4) is 0 Å². The van der Waals surface area contributed by atoms with Crippen LogP contribution in [0.15, 0.2) is 33.9 Å². The van der Waals surface area contributed by atoms with Gasteiger partial charge in [-0.3, -0.25) is 9.59 Å². The molecule has 0 saturated carbocycles. The van der Waals surface area contributed by atoms with E-state index in [9.17, 15) is 9.59 Å². The Balaban J connectivity index is 2.03. The maximum atomic E-state index is 11.1. The summed E-state index contributed by atoms with van der Waals surface area (Å²) in [6.45, 7) is 0.443. The Bertz CT molecular complexity index is 595. The monoisotopic (exact) mass is 232 g/mol. The molecule has 0 aliphatic rings. The zero-order valence-corrected chi connectivity index (χ0v) is 9.32. The minimum Gasteiger partial charge on any atom is -0.497 e. The Hall–Kier alpha value is -2.30. The van der Waals surface area contributed by atoms with E-state index in [0.29, 0.717) is 6.54 Å². The summed E-state index contributed by atoms with van der Waals surface area (Å²) in [5.41, 5.74) is 5.44. The van der Waals surface area contributed by atoms with Crippen molar-refractivity contribution in [2.45, 2.75) is 6.54 Å². The van der Waals surface area contributed by atoms with Gasteiger partial charge in [0.2, 0.25) is 0 Å². The molecule has 2 aromatic carbocycles. The van der Waals surface area contributed by atoms with Crippen LogP contribution in [0, 0.1) is 0 Å². The summed E-state index contributed by atoms with van der Waals surface area (Å²) in [6.07, 6.45) is 0. The zero-order valence-electron chi connectivity index (χ0n) is 9.32. The average Bonchev–Trinajstić information content (AvgIpc) is 2.39. The molecule has 0 aliphatic carbocycles. The highest BCUT2D eigenvalue weighted by Crippen LogP contribution is 2.14. The third-order valence-corrected chi connectivity index (χ3v) is 2.58. The van der Waals surface area contributed by atoms with Crippen LogP contribution in [-0.4, -0.2) is 7.11 Å². The molecule has 0 atom stereocenters. The van der Waals surface area contributed by atoms with Crippen molar-refractivity contribution >= 4 is 11.4 Å². The lowest BCUT2D eigenvalue weighted by Crippen LogP contribution is -2.36. The van der Waals surface area contributed by atoms with E-state index in [1.54, 1.807) is 7.11 Å². The van der Waals surface area contributed by atoms with Gasteiger partial charge in [0, 0.05) is 6.54 Å². The smallest absolute Gasteiger partial charge is 0.253 e. The number of nitrogens with two attached hydrogens (primary N) is 1. The first-order valence-electron chi connectivity index (χ1n) is 5.09. The van der Waals surface area contributed by atoms with Crippen molar-refractivity contribution in [3.05, 3.63) is 50.3 Å². The van der Waals surface area contributed by atoms with Gasteiger partial charge in [-0.15, -0.1) is 0 Å². The predicted octanol–water partition coefficient (Wildman–Crippen LogP) is 0.485. The Morgan fingerprint density at radius 2 is 1.82 bits per heavy atom. The largest absolute Gasteiger partial charge is 0.497 e. The van der Waals surface area contributed by atoms with E-state index in [-0.39, 0.29) is 11.4 Å². The molecule has 0 aliphatic heterocycles. The SMILES string of the molecule is COc1ccc(CNc2c(N)c(=O)c2=O)cc1. The van der Waals surface area contributed by atoms with Crippen molar-refractivity contribution in [2.75, 3.05) is 18.2 Å². The van der Waals surface area contributed by atoms with Crippen LogP contribution in [0.25, 0.3) is 0 Å². The molecule has 0 spiro atoms. The predicted molar refractivity (Wildman–Crippen MR) is 66.1 cm³/mol. The van der Waals surface area contributed by atoms with Gasteiger partial charge in [0.25, 0.3) is 10.9 Å². The second kappa shape index (κ2) is 4.29. The van der Waals surface area contributed by atoms with Gasteiger partial charge in [-0.05, 0) is 17.7 Å². The summed E-state index contributed by atoms with van der Waals surface area (Å²) in [7, 11) is 1.59. The molecule has 2 rings (SSSR count). The number of ether oxygens (including phenoxy) is 1. The first-order chi connectivity index (χ1) is 8.13. The summed E-state index contributed by atoms with van der Waals surface area (Å²) in [4.78, 5) is 22.0. The summed E-state index contributed by atoms with van der Waals surface area (Å²) in [5.74, 6) is 0.766. The third-order valence-electron chi connectivity index (χ3n) is 2.58. The fourth-order valence-electron chi connectivity index (χ4n) is 1.52. The number of anilines is 2. The quantitative estimate of drug-likeness (QED) is 0.749. The van der Waals surface area contributed by atoms with Gasteiger partial charge in [-0.1, -0.05) is 12.1 Å². The highest BCUT2D eigenvalue weighted by molar-refractivity contribution is 5.71. The molecule has 88 valence electrons. The Morgan fingerprint density at radius 3 is 2.35 bits per heavy atom. The van der Waals surface area contributed by atoms with Crippen molar-refractivity contribution in [1.29, 1.82) is 0 Å². The number of nitrogens with one attached hydrogen (secondary N) is 1. The molecular formula is C12H12N2O3. The standard InChI is InChI=1S/C12H12N2O3/c1-17-8-4-2-7(3-5-8)6-14-10-9(13)11(15)12(10)16/h2-5,14H,6,13H2,1H3. The molecule has 0 aromatic heterocycles. The Morgan fingerprint density at radius 1 is 1.18 bits per heavy atom. The van der Waals surface area contributed by atoms with Crippen LogP contribution in [-0.2, 0) is 6.54 Å². The van der Waals surface area contributed by atoms with Crippen molar-refractivity contribution in [3.8, 4) is 5.75 Å². The van der Waals surface area contributed by atoms with Crippen molar-refractivity contribution in [1.82, 2.24) is 0 Å². The van der Waals surface area contributed by atoms with Gasteiger partial charge >= 0.3 is 0 Å². The molecule has 17 heavy (non-hydrogen) atoms. The first kappa shape index (κ1) is 11.2. The zero-order chi connectivity index (χ0) is 12.4. The highest BCUT2D eigenvalue weighted by Gasteiger charge is 2.16. The first-order valence-corrected chi connectivity index (χ1v) is 5.09. The molecule has 0 amide bonds. The lowest BCUT2D eigenvalue weighted by atomic mass is 10.1. The molecule has 0 radical (unpaired) electrons. The lowest BCUT2D eigenvalue weighted by Gasteiger charge is -2.10. The number of rotatable bonds is 4. The van der Waals surface area contributed by atoms with Crippen LogP contribution >= 0.6 is 0 Å². The molecule has 0 saturated heterocycles. The average molecular weight is 232 g/mol. The lowest BCUT2D eigenvalue weighted by molar-refractivity contribution is 0.414. The fourth-order valence-corrected chi connectivity index (χ4v) is 1.52. The second-order valence-electron chi connectivity index (χ2n) is 3.65. The maximum absolute atomic E-state index is 11.1. The summed E-state index contributed by atoms with van der Waals surface area (Å²) in [6, 6.07) is 7.38. The summed E-state index contributed by atoms with van der Waals surface area (Å²) in [5, 5.41) is 2.85. The molecule has 0 heterocycles. The molecular weight excluding hydrogens is 220 g/mol. The minimum atomic E-state index is -0.609. The van der Waals surface area contributed by atoms with Crippen molar-refractivity contribution in [2.24, 2.45) is 0 Å². The molecule has 5 nitrogen and oxygen atoms in total.